The predicted molar refractivity (Wildman–Crippen MR) is 82.6 cm³/mol. The molecule has 2 heterocycles. The van der Waals surface area contributed by atoms with E-state index in [9.17, 15) is 9.59 Å². The van der Waals surface area contributed by atoms with Crippen molar-refractivity contribution in [2.75, 3.05) is 26.2 Å². The fourth-order valence-corrected chi connectivity index (χ4v) is 3.54. The van der Waals surface area contributed by atoms with E-state index in [1.807, 2.05) is 6.92 Å². The fourth-order valence-electron chi connectivity index (χ4n) is 3.54. The molecule has 126 valence electrons. The summed E-state index contributed by atoms with van der Waals surface area (Å²) in [6, 6.07) is -0.127. The number of hydrogen-bond donors (Lipinski definition) is 2. The highest BCUT2D eigenvalue weighted by atomic mass is 16.5. The van der Waals surface area contributed by atoms with E-state index < -0.39 is 11.9 Å². The molecule has 22 heavy (non-hydrogen) atoms. The van der Waals surface area contributed by atoms with Crippen LogP contribution in [0.3, 0.4) is 0 Å². The number of ether oxygens (including phenoxy) is 1. The minimum Gasteiger partial charge on any atom is -0.481 e. The predicted octanol–water partition coefficient (Wildman–Crippen LogP) is 1.94. The summed E-state index contributed by atoms with van der Waals surface area (Å²) in [6.07, 6.45) is 4.04. The van der Waals surface area contributed by atoms with Crippen molar-refractivity contribution in [3.05, 3.63) is 0 Å². The van der Waals surface area contributed by atoms with Gasteiger partial charge < -0.3 is 20.1 Å². The number of carboxylic acids is 1. The van der Waals surface area contributed by atoms with E-state index in [4.69, 9.17) is 9.84 Å². The van der Waals surface area contributed by atoms with E-state index in [0.29, 0.717) is 38.1 Å². The number of amides is 2. The number of rotatable bonds is 4. The standard InChI is InChI=1S/C16H28N2O4/c1-11-7-14(15(19)20)10-18(9-11)16(21)17-5-3-13-4-6-22-12(2)8-13/h11-14H,3-10H2,1-2H3,(H,17,21)(H,19,20). The van der Waals surface area contributed by atoms with Crippen LogP contribution in [-0.4, -0.2) is 54.4 Å². The summed E-state index contributed by atoms with van der Waals surface area (Å²) >= 11 is 0. The minimum atomic E-state index is -0.805. The molecule has 4 unspecified atom stereocenters. The Morgan fingerprint density at radius 1 is 1.27 bits per heavy atom. The van der Waals surface area contributed by atoms with Gasteiger partial charge in [0.1, 0.15) is 0 Å². The van der Waals surface area contributed by atoms with Crippen LogP contribution < -0.4 is 5.32 Å². The van der Waals surface area contributed by atoms with Gasteiger partial charge in [-0.1, -0.05) is 6.92 Å². The second kappa shape index (κ2) is 7.81. The normalized spacial score (nSPS) is 32.5. The van der Waals surface area contributed by atoms with Crippen molar-refractivity contribution in [3.8, 4) is 0 Å². The molecule has 6 nitrogen and oxygen atoms in total. The van der Waals surface area contributed by atoms with Gasteiger partial charge in [-0.05, 0) is 44.4 Å². The Morgan fingerprint density at radius 3 is 2.73 bits per heavy atom. The molecular formula is C16H28N2O4. The summed E-state index contributed by atoms with van der Waals surface area (Å²) in [4.78, 5) is 25.0. The van der Waals surface area contributed by atoms with Crippen molar-refractivity contribution < 1.29 is 19.4 Å². The summed E-state index contributed by atoms with van der Waals surface area (Å²) in [5.41, 5.74) is 0. The van der Waals surface area contributed by atoms with E-state index >= 15 is 0 Å². The van der Waals surface area contributed by atoms with Crippen LogP contribution in [0.2, 0.25) is 0 Å². The van der Waals surface area contributed by atoms with Gasteiger partial charge in [0.05, 0.1) is 12.0 Å². The summed E-state index contributed by atoms with van der Waals surface area (Å²) in [5, 5.41) is 12.1. The molecule has 0 aliphatic carbocycles. The van der Waals surface area contributed by atoms with Crippen LogP contribution in [0, 0.1) is 17.8 Å². The largest absolute Gasteiger partial charge is 0.481 e. The second-order valence-corrected chi connectivity index (χ2v) is 6.87. The number of piperidine rings is 1. The lowest BCUT2D eigenvalue weighted by molar-refractivity contribution is -0.143. The van der Waals surface area contributed by atoms with Gasteiger partial charge in [-0.2, -0.15) is 0 Å². The van der Waals surface area contributed by atoms with Gasteiger partial charge in [-0.25, -0.2) is 4.79 Å². The van der Waals surface area contributed by atoms with E-state index in [2.05, 4.69) is 12.2 Å². The monoisotopic (exact) mass is 312 g/mol. The first kappa shape index (κ1) is 17.1. The van der Waals surface area contributed by atoms with Gasteiger partial charge >= 0.3 is 12.0 Å². The van der Waals surface area contributed by atoms with Crippen LogP contribution in [-0.2, 0) is 9.53 Å². The molecule has 6 heteroatoms. The number of hydrogen-bond acceptors (Lipinski definition) is 3. The highest BCUT2D eigenvalue weighted by Crippen LogP contribution is 2.23. The quantitative estimate of drug-likeness (QED) is 0.831. The first-order valence-corrected chi connectivity index (χ1v) is 8.33. The zero-order valence-corrected chi connectivity index (χ0v) is 13.6. The Kier molecular flexibility index (Phi) is 6.06. The second-order valence-electron chi connectivity index (χ2n) is 6.87. The SMILES string of the molecule is CC1CC(C(=O)O)CN(C(=O)NCCC2CCOC(C)C2)C1. The zero-order valence-electron chi connectivity index (χ0n) is 13.6. The first-order chi connectivity index (χ1) is 10.5. The lowest BCUT2D eigenvalue weighted by atomic mass is 9.91. The third kappa shape index (κ3) is 4.87. The van der Waals surface area contributed by atoms with Gasteiger partial charge in [-0.3, -0.25) is 4.79 Å². The molecule has 0 aromatic carbocycles. The van der Waals surface area contributed by atoms with E-state index in [0.717, 1.165) is 25.9 Å². The number of likely N-dealkylation sites (tertiary alicyclic amines) is 1. The fraction of sp³-hybridized carbons (Fsp3) is 0.875. The molecule has 0 radical (unpaired) electrons. The lowest BCUT2D eigenvalue weighted by Gasteiger charge is -2.34. The smallest absolute Gasteiger partial charge is 0.317 e. The third-order valence-corrected chi connectivity index (χ3v) is 4.72. The van der Waals surface area contributed by atoms with Crippen molar-refractivity contribution in [3.63, 3.8) is 0 Å². The van der Waals surface area contributed by atoms with Gasteiger partial charge in [-0.15, -0.1) is 0 Å². The van der Waals surface area contributed by atoms with Crippen molar-refractivity contribution in [1.82, 2.24) is 10.2 Å². The first-order valence-electron chi connectivity index (χ1n) is 8.33. The Balaban J connectivity index is 1.73. The maximum absolute atomic E-state index is 12.2. The van der Waals surface area contributed by atoms with E-state index in [-0.39, 0.29) is 11.9 Å². The lowest BCUT2D eigenvalue weighted by Crippen LogP contribution is -2.49. The minimum absolute atomic E-state index is 0.127. The molecule has 2 rings (SSSR count). The summed E-state index contributed by atoms with van der Waals surface area (Å²) in [5.74, 6) is -0.403. The molecule has 0 spiro atoms. The molecule has 2 saturated heterocycles. The van der Waals surface area contributed by atoms with E-state index in [1.165, 1.54) is 0 Å². The maximum atomic E-state index is 12.2. The van der Waals surface area contributed by atoms with Crippen molar-refractivity contribution >= 4 is 12.0 Å². The average molecular weight is 312 g/mol. The third-order valence-electron chi connectivity index (χ3n) is 4.72. The Morgan fingerprint density at radius 2 is 2.05 bits per heavy atom. The van der Waals surface area contributed by atoms with Crippen LogP contribution in [0.5, 0.6) is 0 Å². The molecule has 2 aliphatic heterocycles. The summed E-state index contributed by atoms with van der Waals surface area (Å²) in [6.45, 7) is 6.51. The Bertz CT molecular complexity index is 402. The number of urea groups is 1. The zero-order chi connectivity index (χ0) is 16.1. The Labute approximate surface area is 132 Å². The number of nitrogens with zero attached hydrogens (tertiary/aromatic N) is 1. The molecular weight excluding hydrogens is 284 g/mol. The van der Waals surface area contributed by atoms with Gasteiger partial charge in [0.15, 0.2) is 0 Å². The molecule has 2 fully saturated rings. The highest BCUT2D eigenvalue weighted by Gasteiger charge is 2.31. The molecule has 2 aliphatic rings. The summed E-state index contributed by atoms with van der Waals surface area (Å²) < 4.78 is 5.53. The number of nitrogens with one attached hydrogen (secondary N) is 1. The van der Waals surface area contributed by atoms with Gasteiger partial charge in [0.25, 0.3) is 0 Å². The Hall–Kier alpha value is -1.30. The molecule has 2 N–H and O–H groups in total. The number of carboxylic acid groups (broad SMARTS) is 1. The number of aliphatic carboxylic acids is 1. The van der Waals surface area contributed by atoms with Gasteiger partial charge in [0, 0.05) is 26.2 Å². The summed E-state index contributed by atoms with van der Waals surface area (Å²) in [7, 11) is 0. The van der Waals surface area contributed by atoms with Crippen LogP contribution in [0.15, 0.2) is 0 Å². The van der Waals surface area contributed by atoms with Crippen LogP contribution >= 0.6 is 0 Å². The van der Waals surface area contributed by atoms with E-state index in [1.54, 1.807) is 4.90 Å². The molecule has 0 saturated carbocycles. The molecule has 0 bridgehead atoms. The molecule has 0 aromatic rings. The maximum Gasteiger partial charge on any atom is 0.317 e. The van der Waals surface area contributed by atoms with Crippen molar-refractivity contribution in [2.24, 2.45) is 17.8 Å². The van der Waals surface area contributed by atoms with Crippen molar-refractivity contribution in [1.29, 1.82) is 0 Å². The van der Waals surface area contributed by atoms with Crippen LogP contribution in [0.1, 0.15) is 39.5 Å². The highest BCUT2D eigenvalue weighted by molar-refractivity contribution is 5.76. The number of carbonyl (C=O) groups excluding carboxylic acids is 1. The molecule has 2 amide bonds. The van der Waals surface area contributed by atoms with Crippen LogP contribution in [0.4, 0.5) is 4.79 Å². The van der Waals surface area contributed by atoms with Crippen molar-refractivity contribution in [2.45, 2.75) is 45.6 Å². The van der Waals surface area contributed by atoms with Gasteiger partial charge in [0.2, 0.25) is 0 Å². The average Bonchev–Trinajstić information content (AvgIpc) is 2.46. The topological polar surface area (TPSA) is 78.9 Å². The molecule has 4 atom stereocenters. The van der Waals surface area contributed by atoms with Crippen LogP contribution in [0.25, 0.3) is 0 Å². The number of carbonyl (C=O) groups is 2. The molecule has 0 aromatic heterocycles.